The molecule has 2 heterocycles. The Morgan fingerprint density at radius 3 is 1.49 bits per heavy atom. The molecule has 0 saturated carbocycles. The second-order valence-corrected chi connectivity index (χ2v) is 30.2. The Morgan fingerprint density at radius 1 is 0.510 bits per heavy atom. The minimum Gasteiger partial charge on any atom is -0.390 e. The molecule has 2 fully saturated rings. The van der Waals surface area contributed by atoms with Gasteiger partial charge in [-0.15, -0.1) is 11.8 Å². The number of rotatable bonds is 21. The van der Waals surface area contributed by atoms with Crippen molar-refractivity contribution in [2.75, 3.05) is 81.3 Å². The van der Waals surface area contributed by atoms with Gasteiger partial charge in [-0.1, -0.05) is 102 Å². The van der Waals surface area contributed by atoms with Crippen LogP contribution in [0.4, 0.5) is 0 Å². The number of allylic oxidation sites excluding steroid dienone is 2. The van der Waals surface area contributed by atoms with E-state index in [9.17, 15) is 29.1 Å². The van der Waals surface area contributed by atoms with Crippen molar-refractivity contribution in [3.63, 3.8) is 0 Å². The van der Waals surface area contributed by atoms with E-state index in [0.29, 0.717) is 18.6 Å². The maximum Gasteiger partial charge on any atom is 0.256 e. The summed E-state index contributed by atoms with van der Waals surface area (Å²) in [5.74, 6) is -9.50. The molecule has 26 heteroatoms. The lowest BCUT2D eigenvalue weighted by atomic mass is 9.91. The lowest BCUT2D eigenvalue weighted by Crippen LogP contribution is -2.64. The van der Waals surface area contributed by atoms with Crippen LogP contribution >= 0.6 is 11.8 Å². The molecule has 2 rings (SSSR count). The van der Waals surface area contributed by atoms with Crippen molar-refractivity contribution in [1.82, 2.24) is 60.5 Å². The molecule has 25 nitrogen and oxygen atoms in total. The van der Waals surface area contributed by atoms with Crippen LogP contribution in [0.25, 0.3) is 0 Å². The van der Waals surface area contributed by atoms with Gasteiger partial charge >= 0.3 is 0 Å². The number of piperidine rings is 1. The zero-order valence-corrected chi connectivity index (χ0v) is 63.7. The molecule has 0 radical (unpaired) electrons. The van der Waals surface area contributed by atoms with Gasteiger partial charge in [0, 0.05) is 49.3 Å². The molecule has 2 saturated heterocycles. The molecule has 0 bridgehead atoms. The van der Waals surface area contributed by atoms with Crippen molar-refractivity contribution in [2.45, 2.75) is 253 Å². The van der Waals surface area contributed by atoms with E-state index in [1.54, 1.807) is 61.5 Å². The molecular weight excluding hydrogens is 1250 g/mol. The normalized spacial score (nSPS) is 27.1. The summed E-state index contributed by atoms with van der Waals surface area (Å²) >= 11 is 1.20. The number of amides is 11. The van der Waals surface area contributed by atoms with E-state index in [2.05, 4.69) is 26.2 Å². The molecule has 2 aliphatic heterocycles. The van der Waals surface area contributed by atoms with Crippen molar-refractivity contribution in [3.8, 4) is 0 Å². The Kier molecular flexibility index (Phi) is 36.7. The number of aliphatic hydroxyl groups excluding tert-OH is 1. The standard InChI is InChI=1S/C70H126N12O13S/c1-25-27-32-47(15)58(83)57-62(87)73-50(26-2)64(89)81(24)70(96-36-31-35-82-33-29-28-30-34-82)69(94)78(21)54(40-95-46(13)14)61(86)74-55(44(9)10)67(92)75(18)51(37-41(3)4)60(85)71-48(16)59(84)72-49(17)63(88)76(19)52(38-42(5)6)65(90)77(20)53(39-43(7)8)66(91)79(22)56(45(11)12)68(93)80(57)23/h25,27,41-58,70,83H,26,28-40H2,1-24H3,(H,71,85)(H,72,84)(H,73,87)(H,74,86)/b27-25+/t47-,48+,49-,50+,51+,52+,53+,54+,55+,56+,57+,58-,70-/m1/s1. The van der Waals surface area contributed by atoms with Gasteiger partial charge in [0.1, 0.15) is 60.4 Å². The first-order chi connectivity index (χ1) is 44.7. The molecular formula is C70H126N12O13S. The van der Waals surface area contributed by atoms with E-state index in [0.717, 1.165) is 43.8 Å². The Labute approximate surface area is 579 Å². The summed E-state index contributed by atoms with van der Waals surface area (Å²) < 4.78 is 6.06. The highest BCUT2D eigenvalue weighted by Gasteiger charge is 2.46. The number of thioether (sulfide) groups is 1. The summed E-state index contributed by atoms with van der Waals surface area (Å²) in [7, 11) is 10.0. The Balaban J connectivity index is 3.11. The number of ether oxygens (including phenoxy) is 1. The SMILES string of the molecule is C/C=C/C[C@@H](C)[C@@H](O)[C@H]1C(=O)N[C@@H](CC)C(=O)N(C)[C@H](SCCCN2CCCCC2)C(=O)N(C)[C@@H](COC(C)C)C(=O)N[C@@H](C(C)C)C(=O)N(C)[C@@H](CC(C)C)C(=O)N[C@@H](C)C(=O)N[C@H](C)C(=O)N(C)[C@@H](CC(C)C)C(=O)N(C)[C@@H](CC(C)C)C(=O)N(C)[C@@H](C(C)C)C(=O)N1C. The van der Waals surface area contributed by atoms with Crippen LogP contribution in [-0.4, -0.2) is 269 Å². The molecule has 2 aliphatic rings. The van der Waals surface area contributed by atoms with Crippen molar-refractivity contribution in [3.05, 3.63) is 12.2 Å². The number of likely N-dealkylation sites (tertiary alicyclic amines) is 1. The molecule has 96 heavy (non-hydrogen) atoms. The van der Waals surface area contributed by atoms with E-state index in [4.69, 9.17) is 4.74 Å². The number of aliphatic hydroxyl groups is 1. The fourth-order valence-electron chi connectivity index (χ4n) is 12.3. The van der Waals surface area contributed by atoms with Crippen LogP contribution in [0.5, 0.6) is 0 Å². The van der Waals surface area contributed by atoms with Crippen molar-refractivity contribution >= 4 is 76.7 Å². The minimum atomic E-state index is -1.64. The summed E-state index contributed by atoms with van der Waals surface area (Å²) in [4.78, 5) is 175. The first-order valence-electron chi connectivity index (χ1n) is 35.0. The molecule has 0 unspecified atom stereocenters. The first kappa shape index (κ1) is 86.2. The van der Waals surface area contributed by atoms with E-state index in [1.165, 1.54) is 104 Å². The van der Waals surface area contributed by atoms with Crippen LogP contribution in [-0.2, 0) is 57.5 Å². The molecule has 0 aromatic heterocycles. The number of hydrogen-bond acceptors (Lipinski definition) is 15. The van der Waals surface area contributed by atoms with Gasteiger partial charge in [-0.25, -0.2) is 0 Å². The van der Waals surface area contributed by atoms with Gasteiger partial charge in [0.2, 0.25) is 59.1 Å². The average Bonchev–Trinajstić information content (AvgIpc) is 0.825. The van der Waals surface area contributed by atoms with Crippen LogP contribution in [0.2, 0.25) is 0 Å². The van der Waals surface area contributed by atoms with E-state index < -0.39 is 161 Å². The lowest BCUT2D eigenvalue weighted by Gasteiger charge is -2.41. The zero-order valence-electron chi connectivity index (χ0n) is 62.9. The third-order valence-corrected chi connectivity index (χ3v) is 19.8. The molecule has 0 aliphatic carbocycles. The zero-order chi connectivity index (χ0) is 73.5. The van der Waals surface area contributed by atoms with E-state index >= 15 is 28.8 Å². The molecule has 0 spiro atoms. The Morgan fingerprint density at radius 2 is 0.990 bits per heavy atom. The van der Waals surface area contributed by atoms with Crippen LogP contribution in [0.1, 0.15) is 175 Å². The van der Waals surface area contributed by atoms with Crippen LogP contribution in [0.15, 0.2) is 12.2 Å². The first-order valence-corrected chi connectivity index (χ1v) is 36.1. The molecule has 11 amide bonds. The third kappa shape index (κ3) is 24.8. The second kappa shape index (κ2) is 40.9. The molecule has 5 N–H and O–H groups in total. The number of carbonyl (C=O) groups is 11. The van der Waals surface area contributed by atoms with Crippen LogP contribution in [0.3, 0.4) is 0 Å². The highest BCUT2D eigenvalue weighted by Crippen LogP contribution is 2.27. The number of nitrogens with one attached hydrogen (secondary N) is 4. The van der Waals surface area contributed by atoms with E-state index in [-0.39, 0.29) is 50.0 Å². The Hall–Kier alpha value is -5.86. The monoisotopic (exact) mass is 1370 g/mol. The van der Waals surface area contributed by atoms with Gasteiger partial charge in [0.05, 0.1) is 18.8 Å². The summed E-state index contributed by atoms with van der Waals surface area (Å²) in [6, 6.07) is -12.9. The summed E-state index contributed by atoms with van der Waals surface area (Å²) in [5.41, 5.74) is 0. The highest BCUT2D eigenvalue weighted by molar-refractivity contribution is 8.00. The minimum absolute atomic E-state index is 0.00369. The van der Waals surface area contributed by atoms with Gasteiger partial charge in [-0.2, -0.15) is 0 Å². The van der Waals surface area contributed by atoms with Crippen LogP contribution < -0.4 is 21.3 Å². The number of carbonyl (C=O) groups excluding carboxylic acids is 11. The maximum absolute atomic E-state index is 15.4. The summed E-state index contributed by atoms with van der Waals surface area (Å²) in [6.07, 6.45) is 6.32. The van der Waals surface area contributed by atoms with Gasteiger partial charge in [-0.05, 0) is 147 Å². The highest BCUT2D eigenvalue weighted by atomic mass is 32.2. The quantitative estimate of drug-likeness (QED) is 0.0777. The second-order valence-electron chi connectivity index (χ2n) is 29.0. The summed E-state index contributed by atoms with van der Waals surface area (Å²) in [6.45, 7) is 32.1. The topological polar surface area (TPSA) is 291 Å². The average molecular weight is 1380 g/mol. The largest absolute Gasteiger partial charge is 0.390 e. The number of hydrogen-bond donors (Lipinski definition) is 5. The maximum atomic E-state index is 15.4. The van der Waals surface area contributed by atoms with Gasteiger partial charge < -0.3 is 70.3 Å². The number of nitrogens with zero attached hydrogens (tertiary/aromatic N) is 8. The third-order valence-electron chi connectivity index (χ3n) is 18.4. The summed E-state index contributed by atoms with van der Waals surface area (Å²) in [5, 5.41) is 22.2. The molecule has 550 valence electrons. The molecule has 13 atom stereocenters. The predicted octanol–water partition coefficient (Wildman–Crippen LogP) is 4.58. The fraction of sp³-hybridized carbons (Fsp3) is 0.814. The fourth-order valence-corrected chi connectivity index (χ4v) is 13.5. The smallest absolute Gasteiger partial charge is 0.256 e. The van der Waals surface area contributed by atoms with E-state index in [1.807, 2.05) is 54.5 Å². The Bertz CT molecular complexity index is 2600. The van der Waals surface area contributed by atoms with Crippen molar-refractivity contribution < 1.29 is 62.6 Å². The molecule has 0 aromatic carbocycles. The van der Waals surface area contributed by atoms with Crippen molar-refractivity contribution in [2.24, 2.45) is 35.5 Å². The van der Waals surface area contributed by atoms with Crippen LogP contribution in [0, 0.1) is 35.5 Å². The van der Waals surface area contributed by atoms with Gasteiger partial charge in [-0.3, -0.25) is 52.7 Å². The lowest BCUT2D eigenvalue weighted by molar-refractivity contribution is -0.157. The van der Waals surface area contributed by atoms with Gasteiger partial charge in [0.25, 0.3) is 5.91 Å². The predicted molar refractivity (Wildman–Crippen MR) is 376 cm³/mol. The van der Waals surface area contributed by atoms with Crippen molar-refractivity contribution in [1.29, 1.82) is 0 Å². The molecule has 0 aromatic rings. The van der Waals surface area contributed by atoms with Gasteiger partial charge in [0.15, 0.2) is 5.37 Å². The number of likely N-dealkylation sites (N-methyl/N-ethyl adjacent to an activating group) is 7.